The molecule has 120 valence electrons. The second-order valence-corrected chi connectivity index (χ2v) is 5.68. The zero-order valence-corrected chi connectivity index (χ0v) is 13.1. The van der Waals surface area contributed by atoms with E-state index in [-0.39, 0.29) is 30.6 Å². The fourth-order valence-corrected chi connectivity index (χ4v) is 2.99. The third-order valence-electron chi connectivity index (χ3n) is 4.17. The fraction of sp³-hybridized carbons (Fsp3) is 0.316. The number of benzene rings is 2. The van der Waals surface area contributed by atoms with Crippen LogP contribution in [0.25, 0.3) is 0 Å². The minimum atomic E-state index is -0.235. The minimum absolute atomic E-state index is 0.0748. The molecule has 1 aliphatic heterocycles. The summed E-state index contributed by atoms with van der Waals surface area (Å²) in [6.45, 7) is 0.571. The van der Waals surface area contributed by atoms with Crippen molar-refractivity contribution in [3.05, 3.63) is 71.8 Å². The molecule has 0 aliphatic carbocycles. The third kappa shape index (κ3) is 3.78. The zero-order chi connectivity index (χ0) is 16.1. The summed E-state index contributed by atoms with van der Waals surface area (Å²) in [7, 11) is 1.41. The molecule has 1 aliphatic rings. The minimum Gasteiger partial charge on any atom is -0.469 e. The van der Waals surface area contributed by atoms with Gasteiger partial charge >= 0.3 is 5.97 Å². The van der Waals surface area contributed by atoms with E-state index in [9.17, 15) is 4.79 Å². The van der Waals surface area contributed by atoms with Crippen LogP contribution in [0.5, 0.6) is 0 Å². The predicted octanol–water partition coefficient (Wildman–Crippen LogP) is 3.02. The molecule has 1 fully saturated rings. The number of morpholine rings is 1. The summed E-state index contributed by atoms with van der Waals surface area (Å²) < 4.78 is 11.0. The van der Waals surface area contributed by atoms with Gasteiger partial charge in [0.25, 0.3) is 0 Å². The van der Waals surface area contributed by atoms with Crippen LogP contribution >= 0.6 is 0 Å². The number of carbonyl (C=O) groups excluding carboxylic acids is 1. The summed E-state index contributed by atoms with van der Waals surface area (Å²) >= 11 is 0. The Morgan fingerprint density at radius 2 is 1.70 bits per heavy atom. The van der Waals surface area contributed by atoms with Gasteiger partial charge in [0.1, 0.15) is 0 Å². The molecule has 4 heteroatoms. The lowest BCUT2D eigenvalue weighted by molar-refractivity contribution is -0.143. The standard InChI is InChI=1S/C19H21NO3/c1-22-18(21)12-16-19(15-10-6-3-7-11-15)23-13-17(20-16)14-8-4-2-5-9-14/h2-11,16-17,19-20H,12-13H2,1H3/t16-,17+,19+/m1/s1. The van der Waals surface area contributed by atoms with E-state index < -0.39 is 0 Å². The van der Waals surface area contributed by atoms with Crippen molar-refractivity contribution in [2.75, 3.05) is 13.7 Å². The van der Waals surface area contributed by atoms with Crippen LogP contribution in [0.1, 0.15) is 29.7 Å². The van der Waals surface area contributed by atoms with Crippen LogP contribution in [-0.2, 0) is 14.3 Å². The van der Waals surface area contributed by atoms with Crippen LogP contribution in [0, 0.1) is 0 Å². The van der Waals surface area contributed by atoms with Gasteiger partial charge in [0, 0.05) is 6.04 Å². The van der Waals surface area contributed by atoms with E-state index in [1.54, 1.807) is 0 Å². The van der Waals surface area contributed by atoms with Crippen LogP contribution in [0.15, 0.2) is 60.7 Å². The van der Waals surface area contributed by atoms with Crippen LogP contribution < -0.4 is 5.32 Å². The molecular formula is C19H21NO3. The summed E-state index contributed by atoms with van der Waals surface area (Å²) in [5.41, 5.74) is 2.23. The molecule has 2 aromatic carbocycles. The van der Waals surface area contributed by atoms with E-state index in [0.29, 0.717) is 6.61 Å². The van der Waals surface area contributed by atoms with E-state index in [4.69, 9.17) is 9.47 Å². The first kappa shape index (κ1) is 15.7. The molecule has 0 saturated carbocycles. The van der Waals surface area contributed by atoms with Crippen molar-refractivity contribution in [1.29, 1.82) is 0 Å². The highest BCUT2D eigenvalue weighted by Gasteiger charge is 2.34. The highest BCUT2D eigenvalue weighted by atomic mass is 16.5. The third-order valence-corrected chi connectivity index (χ3v) is 4.17. The van der Waals surface area contributed by atoms with E-state index in [1.165, 1.54) is 7.11 Å². The van der Waals surface area contributed by atoms with Gasteiger partial charge in [0.15, 0.2) is 0 Å². The number of hydrogen-bond acceptors (Lipinski definition) is 4. The highest BCUT2D eigenvalue weighted by Crippen LogP contribution is 2.31. The Bertz CT molecular complexity index is 630. The Balaban J connectivity index is 1.80. The molecule has 0 unspecified atom stereocenters. The lowest BCUT2D eigenvalue weighted by Crippen LogP contribution is -2.46. The number of carbonyl (C=O) groups is 1. The largest absolute Gasteiger partial charge is 0.469 e. The Morgan fingerprint density at radius 1 is 1.09 bits per heavy atom. The topological polar surface area (TPSA) is 47.6 Å². The fourth-order valence-electron chi connectivity index (χ4n) is 2.99. The molecule has 1 heterocycles. The molecule has 4 nitrogen and oxygen atoms in total. The van der Waals surface area contributed by atoms with Crippen molar-refractivity contribution in [3.63, 3.8) is 0 Å². The molecule has 1 saturated heterocycles. The Morgan fingerprint density at radius 3 is 2.30 bits per heavy atom. The molecule has 0 amide bonds. The first-order chi connectivity index (χ1) is 11.3. The van der Waals surface area contributed by atoms with E-state index >= 15 is 0 Å². The van der Waals surface area contributed by atoms with E-state index in [2.05, 4.69) is 17.4 Å². The lowest BCUT2D eigenvalue weighted by Gasteiger charge is -2.37. The zero-order valence-electron chi connectivity index (χ0n) is 13.1. The Kier molecular flexibility index (Phi) is 5.05. The van der Waals surface area contributed by atoms with Gasteiger partial charge in [-0.3, -0.25) is 4.79 Å². The first-order valence-electron chi connectivity index (χ1n) is 7.82. The maximum Gasteiger partial charge on any atom is 0.307 e. The maximum absolute atomic E-state index is 11.8. The number of ether oxygens (including phenoxy) is 2. The van der Waals surface area contributed by atoms with Crippen LogP contribution in [0.4, 0.5) is 0 Å². The average Bonchev–Trinajstić information content (AvgIpc) is 2.63. The number of esters is 1. The van der Waals surface area contributed by atoms with Crippen molar-refractivity contribution in [1.82, 2.24) is 5.32 Å². The molecule has 23 heavy (non-hydrogen) atoms. The van der Waals surface area contributed by atoms with Gasteiger partial charge in [-0.2, -0.15) is 0 Å². The predicted molar refractivity (Wildman–Crippen MR) is 87.9 cm³/mol. The van der Waals surface area contributed by atoms with Gasteiger partial charge in [-0.25, -0.2) is 0 Å². The van der Waals surface area contributed by atoms with Crippen LogP contribution in [0.3, 0.4) is 0 Å². The second-order valence-electron chi connectivity index (χ2n) is 5.68. The van der Waals surface area contributed by atoms with Crippen molar-refractivity contribution in [3.8, 4) is 0 Å². The van der Waals surface area contributed by atoms with Crippen molar-refractivity contribution < 1.29 is 14.3 Å². The molecule has 0 spiro atoms. The van der Waals surface area contributed by atoms with Crippen molar-refractivity contribution >= 4 is 5.97 Å². The number of hydrogen-bond donors (Lipinski definition) is 1. The molecule has 2 aromatic rings. The summed E-state index contributed by atoms with van der Waals surface area (Å²) in [6.07, 6.45) is 0.120. The normalized spacial score (nSPS) is 24.1. The van der Waals surface area contributed by atoms with Gasteiger partial charge in [0.2, 0.25) is 0 Å². The van der Waals surface area contributed by atoms with E-state index in [1.807, 2.05) is 48.5 Å². The highest BCUT2D eigenvalue weighted by molar-refractivity contribution is 5.70. The molecule has 3 rings (SSSR count). The maximum atomic E-state index is 11.8. The molecule has 3 atom stereocenters. The Hall–Kier alpha value is -2.17. The number of rotatable bonds is 4. The van der Waals surface area contributed by atoms with Gasteiger partial charge in [-0.05, 0) is 11.1 Å². The molecule has 0 aromatic heterocycles. The molecular weight excluding hydrogens is 290 g/mol. The molecule has 1 N–H and O–H groups in total. The van der Waals surface area contributed by atoms with Gasteiger partial charge < -0.3 is 14.8 Å². The monoisotopic (exact) mass is 311 g/mol. The molecule has 0 radical (unpaired) electrons. The first-order valence-corrected chi connectivity index (χ1v) is 7.82. The number of nitrogens with one attached hydrogen (secondary N) is 1. The quantitative estimate of drug-likeness (QED) is 0.882. The Labute approximate surface area is 136 Å². The van der Waals surface area contributed by atoms with E-state index in [0.717, 1.165) is 11.1 Å². The number of methoxy groups -OCH3 is 1. The van der Waals surface area contributed by atoms with Gasteiger partial charge in [-0.1, -0.05) is 60.7 Å². The summed E-state index contributed by atoms with van der Waals surface area (Å²) in [5, 5.41) is 3.56. The molecule has 0 bridgehead atoms. The summed E-state index contributed by atoms with van der Waals surface area (Å²) in [6, 6.07) is 20.1. The summed E-state index contributed by atoms with van der Waals surface area (Å²) in [4.78, 5) is 11.8. The average molecular weight is 311 g/mol. The lowest BCUT2D eigenvalue weighted by atomic mass is 9.95. The van der Waals surface area contributed by atoms with Crippen molar-refractivity contribution in [2.45, 2.75) is 24.6 Å². The van der Waals surface area contributed by atoms with Gasteiger partial charge in [0.05, 0.1) is 32.3 Å². The van der Waals surface area contributed by atoms with Crippen molar-refractivity contribution in [2.24, 2.45) is 0 Å². The summed E-state index contributed by atoms with van der Waals surface area (Å²) in [5.74, 6) is -0.235. The second kappa shape index (κ2) is 7.40. The van der Waals surface area contributed by atoms with Gasteiger partial charge in [-0.15, -0.1) is 0 Å². The van der Waals surface area contributed by atoms with Crippen LogP contribution in [0.2, 0.25) is 0 Å². The smallest absolute Gasteiger partial charge is 0.307 e. The SMILES string of the molecule is COC(=O)C[C@H]1N[C@H](c2ccccc2)CO[C@H]1c1ccccc1. The van der Waals surface area contributed by atoms with Crippen LogP contribution in [-0.4, -0.2) is 25.7 Å².